The van der Waals surface area contributed by atoms with E-state index in [0.717, 1.165) is 23.5 Å². The molecular weight excluding hydrogens is 445 g/mol. The predicted molar refractivity (Wildman–Crippen MR) is 111 cm³/mol. The van der Waals surface area contributed by atoms with Gasteiger partial charge in [0.05, 0.1) is 23.8 Å². The molecule has 0 bridgehead atoms. The third-order valence-corrected chi connectivity index (χ3v) is 6.12. The molecule has 0 spiro atoms. The minimum atomic E-state index is -4.68. The van der Waals surface area contributed by atoms with Gasteiger partial charge in [0.1, 0.15) is 26.9 Å². The Morgan fingerprint density at radius 2 is 1.91 bits per heavy atom. The van der Waals surface area contributed by atoms with E-state index in [4.69, 9.17) is 14.7 Å². The molecule has 0 unspecified atom stereocenters. The van der Waals surface area contributed by atoms with Crippen molar-refractivity contribution in [1.82, 2.24) is 15.1 Å². The van der Waals surface area contributed by atoms with E-state index in [1.54, 1.807) is 47.6 Å². The van der Waals surface area contributed by atoms with Crippen LogP contribution < -0.4 is 0 Å². The molecule has 7 nitrogen and oxygen atoms in total. The predicted octanol–water partition coefficient (Wildman–Crippen LogP) is 5.31. The van der Waals surface area contributed by atoms with Crippen LogP contribution >= 0.6 is 11.3 Å². The van der Waals surface area contributed by atoms with Crippen LogP contribution in [-0.4, -0.2) is 39.1 Å². The number of hydrogen-bond acceptors (Lipinski definition) is 7. The Morgan fingerprint density at radius 1 is 1.25 bits per heavy atom. The largest absolute Gasteiger partial charge is 0.444 e. The minimum absolute atomic E-state index is 0.106. The number of carbonyl (C=O) groups excluding carboxylic acids is 1. The van der Waals surface area contributed by atoms with Crippen molar-refractivity contribution in [2.75, 3.05) is 6.61 Å². The van der Waals surface area contributed by atoms with Crippen LogP contribution in [0.4, 0.5) is 18.0 Å². The van der Waals surface area contributed by atoms with E-state index in [1.807, 2.05) is 0 Å². The van der Waals surface area contributed by atoms with Gasteiger partial charge in [-0.1, -0.05) is 17.4 Å². The number of nitriles is 1. The lowest BCUT2D eigenvalue weighted by Gasteiger charge is -2.39. The molecule has 2 heterocycles. The molecule has 2 aromatic rings. The smallest absolute Gasteiger partial charge is 0.417 e. The number of alkyl halides is 3. The molecule has 172 valence electrons. The standard InChI is InChI=1S/C21H23F3N4O3S/c1-18(2,3)31-17(29)28-19(4,5)30-11-20(28,6)16-27-26-15(32-16)12-7-8-13(10-25)14(9-12)21(22,23)24/h7-9H,11H2,1-6H3/t20-/m0/s1. The number of benzene rings is 1. The lowest BCUT2D eigenvalue weighted by Crippen LogP contribution is -2.54. The van der Waals surface area contributed by atoms with Crippen LogP contribution in [0.15, 0.2) is 18.2 Å². The fraction of sp³-hybridized carbons (Fsp3) is 0.524. The highest BCUT2D eigenvalue weighted by atomic mass is 32.1. The topological polar surface area (TPSA) is 88.3 Å². The third kappa shape index (κ3) is 4.42. The summed E-state index contributed by atoms with van der Waals surface area (Å²) in [6.07, 6.45) is -5.28. The number of carbonyl (C=O) groups is 1. The monoisotopic (exact) mass is 468 g/mol. The second kappa shape index (κ2) is 7.71. The van der Waals surface area contributed by atoms with Crippen LogP contribution in [0.5, 0.6) is 0 Å². The van der Waals surface area contributed by atoms with Crippen LogP contribution in [0, 0.1) is 11.3 Å². The average Bonchev–Trinajstić information content (AvgIpc) is 3.23. The van der Waals surface area contributed by atoms with Crippen molar-refractivity contribution in [1.29, 1.82) is 5.26 Å². The molecule has 0 saturated carbocycles. The van der Waals surface area contributed by atoms with Crippen molar-refractivity contribution in [3.63, 3.8) is 0 Å². The number of halogens is 3. The molecule has 3 rings (SSSR count). The first-order valence-corrected chi connectivity index (χ1v) is 10.5. The maximum atomic E-state index is 13.3. The van der Waals surface area contributed by atoms with Gasteiger partial charge in [0.25, 0.3) is 0 Å². The highest BCUT2D eigenvalue weighted by Crippen LogP contribution is 2.45. The second-order valence-electron chi connectivity index (χ2n) is 9.11. The van der Waals surface area contributed by atoms with Gasteiger partial charge in [-0.15, -0.1) is 10.2 Å². The fourth-order valence-corrected chi connectivity index (χ4v) is 4.45. The molecule has 1 aliphatic rings. The molecule has 1 saturated heterocycles. The number of amides is 1. The Labute approximate surface area is 187 Å². The highest BCUT2D eigenvalue weighted by Gasteiger charge is 2.55. The SMILES string of the molecule is CC(C)(C)OC(=O)N1C(C)(C)OC[C@@]1(C)c1nnc(-c2ccc(C#N)c(C(F)(F)F)c2)s1. The summed E-state index contributed by atoms with van der Waals surface area (Å²) in [7, 11) is 0. The molecular formula is C21H23F3N4O3S. The van der Waals surface area contributed by atoms with E-state index in [9.17, 15) is 18.0 Å². The van der Waals surface area contributed by atoms with Gasteiger partial charge in [-0.2, -0.15) is 18.4 Å². The summed E-state index contributed by atoms with van der Waals surface area (Å²) in [6, 6.07) is 4.93. The Kier molecular flexibility index (Phi) is 5.77. The summed E-state index contributed by atoms with van der Waals surface area (Å²) in [6.45, 7) is 10.5. The Morgan fingerprint density at radius 3 is 2.47 bits per heavy atom. The lowest BCUT2D eigenvalue weighted by atomic mass is 10.0. The lowest BCUT2D eigenvalue weighted by molar-refractivity contribution is -0.137. The molecule has 1 aromatic heterocycles. The van der Waals surface area contributed by atoms with Crippen molar-refractivity contribution >= 4 is 17.4 Å². The van der Waals surface area contributed by atoms with Crippen LogP contribution in [0.1, 0.15) is 57.7 Å². The van der Waals surface area contributed by atoms with Crippen LogP contribution in [0.25, 0.3) is 10.6 Å². The van der Waals surface area contributed by atoms with Gasteiger partial charge < -0.3 is 9.47 Å². The maximum absolute atomic E-state index is 13.3. The van der Waals surface area contributed by atoms with Gasteiger partial charge >= 0.3 is 12.3 Å². The number of aromatic nitrogens is 2. The van der Waals surface area contributed by atoms with Gasteiger partial charge in [0.15, 0.2) is 0 Å². The maximum Gasteiger partial charge on any atom is 0.417 e. The first kappa shape index (κ1) is 23.9. The van der Waals surface area contributed by atoms with E-state index in [1.165, 1.54) is 11.0 Å². The van der Waals surface area contributed by atoms with E-state index < -0.39 is 40.3 Å². The highest BCUT2D eigenvalue weighted by molar-refractivity contribution is 7.14. The van der Waals surface area contributed by atoms with Gasteiger partial charge in [-0.25, -0.2) is 4.79 Å². The summed E-state index contributed by atoms with van der Waals surface area (Å²) >= 11 is 1.05. The molecule has 0 aliphatic carbocycles. The summed E-state index contributed by atoms with van der Waals surface area (Å²) < 4.78 is 51.4. The Hall–Kier alpha value is -2.71. The molecule has 1 atom stereocenters. The number of ether oxygens (including phenoxy) is 2. The first-order valence-electron chi connectivity index (χ1n) is 9.71. The zero-order valence-electron chi connectivity index (χ0n) is 18.5. The summed E-state index contributed by atoms with van der Waals surface area (Å²) in [5.41, 5.74) is -4.12. The molecule has 1 aliphatic heterocycles. The van der Waals surface area contributed by atoms with Gasteiger partial charge in [-0.3, -0.25) is 4.90 Å². The van der Waals surface area contributed by atoms with E-state index in [0.29, 0.717) is 5.01 Å². The fourth-order valence-electron chi connectivity index (χ4n) is 3.49. The molecule has 32 heavy (non-hydrogen) atoms. The van der Waals surface area contributed by atoms with Crippen LogP contribution in [-0.2, 0) is 21.2 Å². The minimum Gasteiger partial charge on any atom is -0.444 e. The molecule has 11 heteroatoms. The van der Waals surface area contributed by atoms with E-state index >= 15 is 0 Å². The second-order valence-corrected chi connectivity index (χ2v) is 10.1. The first-order chi connectivity index (χ1) is 14.6. The summed E-state index contributed by atoms with van der Waals surface area (Å²) in [5.74, 6) is 0. The van der Waals surface area contributed by atoms with Crippen molar-refractivity contribution in [3.05, 3.63) is 34.3 Å². The molecule has 1 aromatic carbocycles. The van der Waals surface area contributed by atoms with Crippen molar-refractivity contribution in [2.24, 2.45) is 0 Å². The molecule has 1 amide bonds. The molecule has 0 N–H and O–H groups in total. The Bertz CT molecular complexity index is 1090. The Balaban J connectivity index is 2.02. The molecule has 0 radical (unpaired) electrons. The quantitative estimate of drug-likeness (QED) is 0.593. The van der Waals surface area contributed by atoms with Crippen LogP contribution in [0.2, 0.25) is 0 Å². The van der Waals surface area contributed by atoms with Crippen molar-refractivity contribution < 1.29 is 27.4 Å². The van der Waals surface area contributed by atoms with Crippen molar-refractivity contribution in [3.8, 4) is 16.6 Å². The third-order valence-electron chi connectivity index (χ3n) is 4.89. The van der Waals surface area contributed by atoms with Crippen LogP contribution in [0.3, 0.4) is 0 Å². The van der Waals surface area contributed by atoms with E-state index in [-0.39, 0.29) is 17.2 Å². The number of hydrogen-bond donors (Lipinski definition) is 0. The summed E-state index contributed by atoms with van der Waals surface area (Å²) in [5, 5.41) is 17.8. The summed E-state index contributed by atoms with van der Waals surface area (Å²) in [4.78, 5) is 14.4. The normalized spacial score (nSPS) is 20.8. The average molecular weight is 469 g/mol. The van der Waals surface area contributed by atoms with Gasteiger partial charge in [0, 0.05) is 5.56 Å². The van der Waals surface area contributed by atoms with Crippen molar-refractivity contribution in [2.45, 2.75) is 64.6 Å². The number of nitrogens with zero attached hydrogens (tertiary/aromatic N) is 4. The van der Waals surface area contributed by atoms with E-state index in [2.05, 4.69) is 10.2 Å². The van der Waals surface area contributed by atoms with Gasteiger partial charge in [0.2, 0.25) is 0 Å². The van der Waals surface area contributed by atoms with Gasteiger partial charge in [-0.05, 0) is 53.7 Å². The molecule has 1 fully saturated rings. The number of rotatable bonds is 2. The zero-order valence-corrected chi connectivity index (χ0v) is 19.3. The zero-order chi connectivity index (χ0) is 24.1.